The fourth-order valence-corrected chi connectivity index (χ4v) is 1.41. The molecule has 1 aliphatic rings. The van der Waals surface area contributed by atoms with Gasteiger partial charge in [0, 0.05) is 0 Å². The third-order valence-electron chi connectivity index (χ3n) is 2.38. The Hall–Kier alpha value is -0.340. The van der Waals surface area contributed by atoms with Crippen LogP contribution in [0.3, 0.4) is 0 Å². The summed E-state index contributed by atoms with van der Waals surface area (Å²) in [5.74, 6) is 0. The van der Waals surface area contributed by atoms with Crippen LogP contribution < -0.4 is 0 Å². The molecular weight excluding hydrogens is 164 g/mol. The second kappa shape index (κ2) is 6.17. The highest BCUT2D eigenvalue weighted by atomic mass is 16.6. The molecule has 0 unspecified atom stereocenters. The van der Waals surface area contributed by atoms with Crippen molar-refractivity contribution in [1.82, 2.24) is 0 Å². The quantitative estimate of drug-likeness (QED) is 0.374. The molecule has 0 amide bonds. The van der Waals surface area contributed by atoms with Gasteiger partial charge in [-0.2, -0.15) is 0 Å². The molecule has 1 heterocycles. The first kappa shape index (κ1) is 10.7. The van der Waals surface area contributed by atoms with Crippen molar-refractivity contribution in [3.63, 3.8) is 0 Å². The Bertz CT molecular complexity index is 154. The number of hydrogen-bond acceptors (Lipinski definition) is 2. The highest BCUT2D eigenvalue weighted by Gasteiger charge is 2.36. The van der Waals surface area contributed by atoms with Crippen LogP contribution in [0.1, 0.15) is 39.0 Å². The van der Waals surface area contributed by atoms with E-state index in [4.69, 9.17) is 9.84 Å². The third-order valence-corrected chi connectivity index (χ3v) is 2.38. The lowest BCUT2D eigenvalue weighted by Gasteiger charge is -1.91. The van der Waals surface area contributed by atoms with E-state index in [0.29, 0.717) is 6.10 Å². The molecule has 0 aromatic rings. The van der Waals surface area contributed by atoms with E-state index >= 15 is 0 Å². The average Bonchev–Trinajstić information content (AvgIpc) is 2.90. The largest absolute Gasteiger partial charge is 0.394 e. The topological polar surface area (TPSA) is 32.8 Å². The molecule has 1 rings (SSSR count). The van der Waals surface area contributed by atoms with E-state index in [-0.39, 0.29) is 12.7 Å². The van der Waals surface area contributed by atoms with E-state index in [2.05, 4.69) is 19.1 Å². The number of epoxide rings is 1. The Labute approximate surface area is 80.6 Å². The number of unbranched alkanes of at least 4 members (excludes halogenated alkanes) is 3. The number of hydrogen-bond donors (Lipinski definition) is 1. The summed E-state index contributed by atoms with van der Waals surface area (Å²) >= 11 is 0. The molecule has 1 aliphatic heterocycles. The van der Waals surface area contributed by atoms with Crippen molar-refractivity contribution in [2.24, 2.45) is 0 Å². The van der Waals surface area contributed by atoms with Gasteiger partial charge < -0.3 is 9.84 Å². The molecule has 2 heteroatoms. The number of aliphatic hydroxyl groups is 1. The Morgan fingerprint density at radius 3 is 2.69 bits per heavy atom. The first-order chi connectivity index (χ1) is 6.38. The normalized spacial score (nSPS) is 26.9. The van der Waals surface area contributed by atoms with Crippen molar-refractivity contribution in [1.29, 1.82) is 0 Å². The van der Waals surface area contributed by atoms with Crippen molar-refractivity contribution in [3.8, 4) is 0 Å². The van der Waals surface area contributed by atoms with E-state index in [1.807, 2.05) is 0 Å². The third kappa shape index (κ3) is 4.44. The number of rotatable bonds is 7. The zero-order valence-corrected chi connectivity index (χ0v) is 8.41. The lowest BCUT2D eigenvalue weighted by molar-refractivity contribution is 0.242. The number of aliphatic hydroxyl groups excluding tert-OH is 1. The zero-order valence-electron chi connectivity index (χ0n) is 8.41. The smallest absolute Gasteiger partial charge is 0.107 e. The lowest BCUT2D eigenvalue weighted by atomic mass is 10.1. The van der Waals surface area contributed by atoms with Gasteiger partial charge in [0.25, 0.3) is 0 Å². The molecule has 13 heavy (non-hydrogen) atoms. The van der Waals surface area contributed by atoms with Gasteiger partial charge >= 0.3 is 0 Å². The molecule has 1 fully saturated rings. The van der Waals surface area contributed by atoms with Gasteiger partial charge in [0.15, 0.2) is 0 Å². The molecule has 0 aromatic carbocycles. The van der Waals surface area contributed by atoms with Gasteiger partial charge in [-0.05, 0) is 19.3 Å². The predicted octanol–water partition coefficient (Wildman–Crippen LogP) is 2.27. The highest BCUT2D eigenvalue weighted by Crippen LogP contribution is 2.24. The number of allylic oxidation sites excluding steroid dienone is 1. The van der Waals surface area contributed by atoms with Crippen LogP contribution in [0.25, 0.3) is 0 Å². The summed E-state index contributed by atoms with van der Waals surface area (Å²) in [6.07, 6.45) is 10.9. The summed E-state index contributed by atoms with van der Waals surface area (Å²) < 4.78 is 5.19. The highest BCUT2D eigenvalue weighted by molar-refractivity contribution is 4.93. The molecular formula is C11H20O2. The zero-order chi connectivity index (χ0) is 9.52. The maximum absolute atomic E-state index is 8.70. The molecule has 2 nitrogen and oxygen atoms in total. The summed E-state index contributed by atoms with van der Waals surface area (Å²) in [6.45, 7) is 2.39. The summed E-state index contributed by atoms with van der Waals surface area (Å²) in [6, 6.07) is 0. The minimum Gasteiger partial charge on any atom is -0.394 e. The monoisotopic (exact) mass is 184 g/mol. The summed E-state index contributed by atoms with van der Waals surface area (Å²) in [4.78, 5) is 0. The Morgan fingerprint density at radius 2 is 2.08 bits per heavy atom. The van der Waals surface area contributed by atoms with Crippen LogP contribution in [0.4, 0.5) is 0 Å². The van der Waals surface area contributed by atoms with E-state index in [1.165, 1.54) is 25.7 Å². The van der Waals surface area contributed by atoms with Gasteiger partial charge in [-0.25, -0.2) is 0 Å². The van der Waals surface area contributed by atoms with E-state index in [9.17, 15) is 0 Å². The molecule has 2 atom stereocenters. The van der Waals surface area contributed by atoms with Crippen LogP contribution in [-0.4, -0.2) is 23.9 Å². The second-order valence-corrected chi connectivity index (χ2v) is 3.60. The molecule has 0 aliphatic carbocycles. The van der Waals surface area contributed by atoms with Crippen molar-refractivity contribution >= 4 is 0 Å². The van der Waals surface area contributed by atoms with Crippen molar-refractivity contribution < 1.29 is 9.84 Å². The van der Waals surface area contributed by atoms with Crippen LogP contribution in [-0.2, 0) is 4.74 Å². The first-order valence-electron chi connectivity index (χ1n) is 5.29. The maximum atomic E-state index is 8.70. The molecule has 0 bridgehead atoms. The average molecular weight is 184 g/mol. The van der Waals surface area contributed by atoms with Gasteiger partial charge in [0.2, 0.25) is 0 Å². The molecule has 1 saturated heterocycles. The first-order valence-corrected chi connectivity index (χ1v) is 5.29. The summed E-state index contributed by atoms with van der Waals surface area (Å²) in [7, 11) is 0. The van der Waals surface area contributed by atoms with E-state index in [1.54, 1.807) is 0 Å². The van der Waals surface area contributed by atoms with E-state index in [0.717, 1.165) is 6.42 Å². The second-order valence-electron chi connectivity index (χ2n) is 3.60. The minimum atomic E-state index is 0.125. The summed E-state index contributed by atoms with van der Waals surface area (Å²) in [5, 5.41) is 8.70. The van der Waals surface area contributed by atoms with Crippen LogP contribution in [0, 0.1) is 0 Å². The van der Waals surface area contributed by atoms with Crippen LogP contribution in [0.2, 0.25) is 0 Å². The fourth-order valence-electron chi connectivity index (χ4n) is 1.41. The van der Waals surface area contributed by atoms with Gasteiger partial charge in [-0.1, -0.05) is 31.9 Å². The van der Waals surface area contributed by atoms with Crippen LogP contribution >= 0.6 is 0 Å². The Kier molecular flexibility index (Phi) is 5.09. The van der Waals surface area contributed by atoms with Crippen LogP contribution in [0.5, 0.6) is 0 Å². The number of ether oxygens (including phenoxy) is 1. The van der Waals surface area contributed by atoms with Gasteiger partial charge in [-0.3, -0.25) is 0 Å². The Morgan fingerprint density at radius 1 is 1.23 bits per heavy atom. The molecule has 1 N–H and O–H groups in total. The van der Waals surface area contributed by atoms with E-state index < -0.39 is 0 Å². The standard InChI is InChI=1S/C11H20O2/c1-2-3-4-5-6-7-8-10-11(9-12)13-10/h6-7,10-12H,2-5,8-9H2,1H3/b7-6-/t10-,11+/m0/s1. The van der Waals surface area contributed by atoms with Crippen molar-refractivity contribution in [2.45, 2.75) is 51.2 Å². The van der Waals surface area contributed by atoms with Gasteiger partial charge in [0.1, 0.15) is 6.10 Å². The van der Waals surface area contributed by atoms with Crippen LogP contribution in [0.15, 0.2) is 12.2 Å². The molecule has 0 aromatic heterocycles. The van der Waals surface area contributed by atoms with Crippen molar-refractivity contribution in [3.05, 3.63) is 12.2 Å². The Balaban J connectivity index is 1.88. The molecule has 0 saturated carbocycles. The maximum Gasteiger partial charge on any atom is 0.107 e. The van der Waals surface area contributed by atoms with Crippen molar-refractivity contribution in [2.75, 3.05) is 6.61 Å². The van der Waals surface area contributed by atoms with Gasteiger partial charge in [0.05, 0.1) is 12.7 Å². The molecule has 0 radical (unpaired) electrons. The molecule has 0 spiro atoms. The minimum absolute atomic E-state index is 0.125. The van der Waals surface area contributed by atoms with Gasteiger partial charge in [-0.15, -0.1) is 0 Å². The SMILES string of the molecule is CCCCC/C=C\C[C@@H]1O[C@@H]1CO. The molecule has 76 valence electrons. The summed E-state index contributed by atoms with van der Waals surface area (Å²) in [5.41, 5.74) is 0. The lowest BCUT2D eigenvalue weighted by Crippen LogP contribution is -1.97. The fraction of sp³-hybridized carbons (Fsp3) is 0.818. The predicted molar refractivity (Wildman–Crippen MR) is 53.6 cm³/mol.